The van der Waals surface area contributed by atoms with Gasteiger partial charge in [-0.15, -0.1) is 0 Å². The number of amides is 2. The van der Waals surface area contributed by atoms with E-state index in [4.69, 9.17) is 15.2 Å². The average Bonchev–Trinajstić information content (AvgIpc) is 3.38. The third-order valence-corrected chi connectivity index (χ3v) is 6.53. The van der Waals surface area contributed by atoms with Crippen LogP contribution in [0.15, 0.2) is 36.4 Å². The zero-order chi connectivity index (χ0) is 23.2. The summed E-state index contributed by atoms with van der Waals surface area (Å²) in [6, 6.07) is 11.4. The highest BCUT2D eigenvalue weighted by atomic mass is 16.7. The van der Waals surface area contributed by atoms with E-state index in [1.807, 2.05) is 36.4 Å². The number of hydrogen-bond acceptors (Lipinski definition) is 6. The highest BCUT2D eigenvalue weighted by Crippen LogP contribution is 2.40. The molecule has 1 aromatic heterocycles. The molecule has 1 aliphatic heterocycles. The minimum absolute atomic E-state index is 0.0845. The van der Waals surface area contributed by atoms with Crippen LogP contribution in [0, 0.1) is 5.92 Å². The van der Waals surface area contributed by atoms with Gasteiger partial charge in [-0.3, -0.25) is 9.59 Å². The number of nitrogens with zero attached hydrogens (tertiary/aromatic N) is 2. The lowest BCUT2D eigenvalue weighted by molar-refractivity contribution is -0.115. The van der Waals surface area contributed by atoms with Crippen LogP contribution in [0.1, 0.15) is 34.5 Å². The number of hydrogen-bond donors (Lipinski definition) is 3. The molecule has 0 atom stereocenters. The molecule has 2 aliphatic carbocycles. The first-order valence-corrected chi connectivity index (χ1v) is 11.5. The van der Waals surface area contributed by atoms with Crippen LogP contribution in [0.4, 0.5) is 5.69 Å². The predicted octanol–water partition coefficient (Wildman–Crippen LogP) is 2.40. The molecule has 1 saturated carbocycles. The van der Waals surface area contributed by atoms with Crippen LogP contribution in [0.5, 0.6) is 11.5 Å². The molecule has 2 heterocycles. The zero-order valence-electron chi connectivity index (χ0n) is 18.6. The Balaban J connectivity index is 1.36. The van der Waals surface area contributed by atoms with Gasteiger partial charge in [-0.1, -0.05) is 6.07 Å². The fraction of sp³-hybridized carbons (Fsp3) is 0.320. The Morgan fingerprint density at radius 1 is 1.09 bits per heavy atom. The highest BCUT2D eigenvalue weighted by molar-refractivity contribution is 5.96. The third-order valence-electron chi connectivity index (χ3n) is 6.53. The molecule has 9 heteroatoms. The number of primary amides is 1. The normalized spacial score (nSPS) is 15.5. The van der Waals surface area contributed by atoms with Gasteiger partial charge in [0.2, 0.25) is 12.7 Å². The molecular weight excluding hydrogens is 434 g/mol. The van der Waals surface area contributed by atoms with Crippen molar-refractivity contribution in [3.05, 3.63) is 53.2 Å². The smallest absolute Gasteiger partial charge is 0.269 e. The maximum atomic E-state index is 12.4. The second-order valence-corrected chi connectivity index (χ2v) is 8.98. The monoisotopic (exact) mass is 459 g/mol. The maximum Gasteiger partial charge on any atom is 0.269 e. The molecule has 174 valence electrons. The van der Waals surface area contributed by atoms with Gasteiger partial charge in [0.15, 0.2) is 17.2 Å². The van der Waals surface area contributed by atoms with Crippen molar-refractivity contribution in [2.45, 2.75) is 25.7 Å². The van der Waals surface area contributed by atoms with Crippen molar-refractivity contribution in [1.82, 2.24) is 15.1 Å². The predicted molar refractivity (Wildman–Crippen MR) is 125 cm³/mol. The number of ether oxygens (including phenoxy) is 2. The van der Waals surface area contributed by atoms with Crippen molar-refractivity contribution >= 4 is 17.5 Å². The van der Waals surface area contributed by atoms with Crippen molar-refractivity contribution < 1.29 is 19.1 Å². The van der Waals surface area contributed by atoms with Gasteiger partial charge in [0.25, 0.3) is 5.91 Å². The minimum atomic E-state index is -0.564. The van der Waals surface area contributed by atoms with E-state index >= 15 is 0 Å². The topological polar surface area (TPSA) is 120 Å². The summed E-state index contributed by atoms with van der Waals surface area (Å²) in [5.41, 5.74) is 11.0. The Labute approximate surface area is 196 Å². The van der Waals surface area contributed by atoms with Gasteiger partial charge in [0.1, 0.15) is 0 Å². The number of aryl methyl sites for hydroxylation is 1. The van der Waals surface area contributed by atoms with Crippen molar-refractivity contribution in [1.29, 1.82) is 0 Å². The van der Waals surface area contributed by atoms with E-state index in [2.05, 4.69) is 15.7 Å². The van der Waals surface area contributed by atoms with Crippen LogP contribution in [0.3, 0.4) is 0 Å². The largest absolute Gasteiger partial charge is 0.454 e. The van der Waals surface area contributed by atoms with E-state index in [0.29, 0.717) is 29.5 Å². The molecule has 0 unspecified atom stereocenters. The second-order valence-electron chi connectivity index (χ2n) is 8.98. The summed E-state index contributed by atoms with van der Waals surface area (Å²) >= 11 is 0. The van der Waals surface area contributed by atoms with E-state index in [0.717, 1.165) is 41.0 Å². The summed E-state index contributed by atoms with van der Waals surface area (Å²) in [5.74, 6) is 1.36. The number of anilines is 1. The van der Waals surface area contributed by atoms with Gasteiger partial charge >= 0.3 is 0 Å². The second kappa shape index (κ2) is 8.18. The number of fused-ring (bicyclic) bond motifs is 4. The van der Waals surface area contributed by atoms with Crippen molar-refractivity contribution in [2.24, 2.45) is 11.7 Å². The maximum absolute atomic E-state index is 12.4. The lowest BCUT2D eigenvalue weighted by Crippen LogP contribution is -2.29. The first kappa shape index (κ1) is 20.7. The Morgan fingerprint density at radius 2 is 1.94 bits per heavy atom. The standard InChI is InChI=1S/C25H25N5O4/c26-25(32)23-18-7-4-15-3-5-16(28-22(31)12-27-11-14-1-2-14)9-19(15)24(18)30(29-23)17-6-8-20-21(10-17)34-13-33-20/h3,5-6,8-10,14,27H,1-2,4,7,11-13H2,(H2,26,32)(H,28,31). The number of carbonyl (C=O) groups excluding carboxylic acids is 2. The molecule has 4 N–H and O–H groups in total. The van der Waals surface area contributed by atoms with Gasteiger partial charge in [0.05, 0.1) is 17.9 Å². The van der Waals surface area contributed by atoms with Crippen molar-refractivity contribution in [3.8, 4) is 28.4 Å². The van der Waals surface area contributed by atoms with Crippen LogP contribution in [-0.4, -0.2) is 41.5 Å². The molecule has 0 radical (unpaired) electrons. The van der Waals surface area contributed by atoms with E-state index in [9.17, 15) is 9.59 Å². The number of carbonyl (C=O) groups is 2. The molecule has 2 aromatic carbocycles. The zero-order valence-corrected chi connectivity index (χ0v) is 18.6. The first-order valence-electron chi connectivity index (χ1n) is 11.5. The molecule has 0 spiro atoms. The van der Waals surface area contributed by atoms with Crippen molar-refractivity contribution in [2.75, 3.05) is 25.2 Å². The SMILES string of the molecule is NC(=O)c1nn(-c2ccc3c(c2)OCO3)c2c1CCc1ccc(NC(=O)CNCC3CC3)cc1-2. The first-order chi connectivity index (χ1) is 16.6. The van der Waals surface area contributed by atoms with E-state index < -0.39 is 5.91 Å². The molecule has 1 fully saturated rings. The van der Waals surface area contributed by atoms with E-state index in [1.54, 1.807) is 4.68 Å². The number of rotatable bonds is 7. The summed E-state index contributed by atoms with van der Waals surface area (Å²) in [4.78, 5) is 24.7. The number of benzene rings is 2. The Bertz CT molecular complexity index is 1310. The van der Waals surface area contributed by atoms with Crippen LogP contribution in [0.25, 0.3) is 16.9 Å². The highest BCUT2D eigenvalue weighted by Gasteiger charge is 2.29. The summed E-state index contributed by atoms with van der Waals surface area (Å²) in [7, 11) is 0. The average molecular weight is 460 g/mol. The van der Waals surface area contributed by atoms with Crippen LogP contribution in [-0.2, 0) is 17.6 Å². The fourth-order valence-corrected chi connectivity index (χ4v) is 4.63. The van der Waals surface area contributed by atoms with Gasteiger partial charge < -0.3 is 25.8 Å². The Kier molecular flexibility index (Phi) is 4.99. The summed E-state index contributed by atoms with van der Waals surface area (Å²) in [6.45, 7) is 1.33. The quantitative estimate of drug-likeness (QED) is 0.499. The summed E-state index contributed by atoms with van der Waals surface area (Å²) in [6.07, 6.45) is 3.90. The van der Waals surface area contributed by atoms with Crippen LogP contribution < -0.4 is 25.8 Å². The molecule has 3 aliphatic rings. The molecule has 3 aromatic rings. The number of aromatic nitrogens is 2. The van der Waals surface area contributed by atoms with Gasteiger partial charge in [-0.25, -0.2) is 4.68 Å². The Hall–Kier alpha value is -3.85. The fourth-order valence-electron chi connectivity index (χ4n) is 4.63. The molecule has 0 saturated heterocycles. The van der Waals surface area contributed by atoms with Crippen LogP contribution >= 0.6 is 0 Å². The number of nitrogens with two attached hydrogens (primary N) is 1. The molecule has 6 rings (SSSR count). The summed E-state index contributed by atoms with van der Waals surface area (Å²) in [5, 5.41) is 10.8. The third kappa shape index (κ3) is 3.77. The van der Waals surface area contributed by atoms with Gasteiger partial charge in [-0.2, -0.15) is 5.10 Å². The van der Waals surface area contributed by atoms with E-state index in [-0.39, 0.29) is 24.9 Å². The molecule has 9 nitrogen and oxygen atoms in total. The summed E-state index contributed by atoms with van der Waals surface area (Å²) < 4.78 is 12.7. The molecular formula is C25H25N5O4. The van der Waals surface area contributed by atoms with E-state index in [1.165, 1.54) is 12.8 Å². The lowest BCUT2D eigenvalue weighted by Gasteiger charge is -2.20. The van der Waals surface area contributed by atoms with Crippen LogP contribution in [0.2, 0.25) is 0 Å². The minimum Gasteiger partial charge on any atom is -0.454 e. The van der Waals surface area contributed by atoms with Gasteiger partial charge in [-0.05, 0) is 68.0 Å². The molecule has 2 amide bonds. The lowest BCUT2D eigenvalue weighted by atomic mass is 9.88. The number of nitrogens with one attached hydrogen (secondary N) is 2. The molecule has 0 bridgehead atoms. The Morgan fingerprint density at radius 3 is 2.76 bits per heavy atom. The van der Waals surface area contributed by atoms with Gasteiger partial charge in [0, 0.05) is 22.9 Å². The molecule has 34 heavy (non-hydrogen) atoms. The van der Waals surface area contributed by atoms with Crippen molar-refractivity contribution in [3.63, 3.8) is 0 Å².